The fourth-order valence-electron chi connectivity index (χ4n) is 2.77. The van der Waals surface area contributed by atoms with Gasteiger partial charge in [-0.3, -0.25) is 4.99 Å². The van der Waals surface area contributed by atoms with E-state index in [-0.39, 0.29) is 30.0 Å². The molecule has 170 valence electrons. The number of ether oxygens (including phenoxy) is 2. The number of carbonyl (C=O) groups is 1. The molecular formula is C23H33IN4O3. The summed E-state index contributed by atoms with van der Waals surface area (Å²) in [5.41, 5.74) is 1.48. The molecule has 7 nitrogen and oxygen atoms in total. The van der Waals surface area contributed by atoms with Crippen molar-refractivity contribution in [2.75, 3.05) is 20.7 Å². The van der Waals surface area contributed by atoms with Gasteiger partial charge in [-0.15, -0.1) is 24.0 Å². The molecule has 0 heterocycles. The average Bonchev–Trinajstić information content (AvgIpc) is 2.72. The van der Waals surface area contributed by atoms with Crippen LogP contribution in [0.25, 0.3) is 0 Å². The zero-order valence-electron chi connectivity index (χ0n) is 18.8. The summed E-state index contributed by atoms with van der Waals surface area (Å²) in [4.78, 5) is 16.6. The molecule has 2 rings (SSSR count). The lowest BCUT2D eigenvalue weighted by molar-refractivity contribution is 0.0504. The molecule has 0 spiro atoms. The monoisotopic (exact) mass is 540 g/mol. The second kappa shape index (κ2) is 13.0. The van der Waals surface area contributed by atoms with Crippen LogP contribution in [-0.4, -0.2) is 38.4 Å². The number of benzene rings is 2. The van der Waals surface area contributed by atoms with Crippen LogP contribution in [0.1, 0.15) is 37.9 Å². The average molecular weight is 540 g/mol. The Balaban J connectivity index is 0.00000480. The van der Waals surface area contributed by atoms with Gasteiger partial charge in [0, 0.05) is 20.1 Å². The van der Waals surface area contributed by atoms with E-state index in [1.807, 2.05) is 75.4 Å². The van der Waals surface area contributed by atoms with Crippen LogP contribution in [0.3, 0.4) is 0 Å². The Labute approximate surface area is 202 Å². The third-order valence-corrected chi connectivity index (χ3v) is 4.18. The summed E-state index contributed by atoms with van der Waals surface area (Å²) in [6, 6.07) is 17.3. The number of nitrogens with one attached hydrogen (secondary N) is 3. The van der Waals surface area contributed by atoms with Crippen molar-refractivity contribution in [1.82, 2.24) is 16.0 Å². The third kappa shape index (κ3) is 9.91. The number of hydrogen-bond donors (Lipinski definition) is 3. The topological polar surface area (TPSA) is 84.0 Å². The number of rotatable bonds is 7. The number of hydrogen-bond acceptors (Lipinski definition) is 4. The smallest absolute Gasteiger partial charge is 0.408 e. The van der Waals surface area contributed by atoms with E-state index in [0.717, 1.165) is 16.9 Å². The summed E-state index contributed by atoms with van der Waals surface area (Å²) in [6.07, 6.45) is -0.461. The van der Waals surface area contributed by atoms with E-state index < -0.39 is 11.7 Å². The van der Waals surface area contributed by atoms with Crippen LogP contribution in [0.2, 0.25) is 0 Å². The van der Waals surface area contributed by atoms with E-state index in [0.29, 0.717) is 19.0 Å². The van der Waals surface area contributed by atoms with Crippen molar-refractivity contribution >= 4 is 36.0 Å². The molecule has 0 saturated carbocycles. The first-order valence-electron chi connectivity index (χ1n) is 9.92. The maximum atomic E-state index is 12.3. The van der Waals surface area contributed by atoms with Crippen molar-refractivity contribution in [3.8, 4) is 5.75 Å². The molecule has 0 aliphatic carbocycles. The SMILES string of the molecule is CN=C(NCc1cccc(OC)c1)NCC(NC(=O)OC(C)(C)C)c1ccccc1.I. The quantitative estimate of drug-likeness (QED) is 0.278. The van der Waals surface area contributed by atoms with Crippen LogP contribution in [0.4, 0.5) is 4.79 Å². The van der Waals surface area contributed by atoms with Gasteiger partial charge < -0.3 is 25.4 Å². The maximum Gasteiger partial charge on any atom is 0.408 e. The molecule has 2 aromatic rings. The van der Waals surface area contributed by atoms with Gasteiger partial charge in [0.1, 0.15) is 11.4 Å². The highest BCUT2D eigenvalue weighted by atomic mass is 127. The molecule has 1 unspecified atom stereocenters. The molecule has 0 aliphatic rings. The largest absolute Gasteiger partial charge is 0.497 e. The highest BCUT2D eigenvalue weighted by Gasteiger charge is 2.20. The summed E-state index contributed by atoms with van der Waals surface area (Å²) in [6.45, 7) is 6.56. The molecule has 8 heteroatoms. The van der Waals surface area contributed by atoms with E-state index in [2.05, 4.69) is 20.9 Å². The van der Waals surface area contributed by atoms with E-state index in [9.17, 15) is 4.79 Å². The Kier molecular flexibility index (Phi) is 11.2. The molecule has 0 bridgehead atoms. The van der Waals surface area contributed by atoms with E-state index >= 15 is 0 Å². The number of carbonyl (C=O) groups excluding carboxylic acids is 1. The van der Waals surface area contributed by atoms with Crippen LogP contribution in [0.15, 0.2) is 59.6 Å². The van der Waals surface area contributed by atoms with Crippen LogP contribution < -0.4 is 20.7 Å². The Morgan fingerprint density at radius 3 is 2.39 bits per heavy atom. The minimum Gasteiger partial charge on any atom is -0.497 e. The number of amides is 1. The minimum atomic E-state index is -0.562. The zero-order valence-corrected chi connectivity index (χ0v) is 21.1. The molecule has 0 aliphatic heterocycles. The number of halogens is 1. The first kappa shape index (κ1) is 26.5. The Hall–Kier alpha value is -2.49. The lowest BCUT2D eigenvalue weighted by Gasteiger charge is -2.25. The van der Waals surface area contributed by atoms with E-state index in [4.69, 9.17) is 9.47 Å². The van der Waals surface area contributed by atoms with Gasteiger partial charge in [-0.2, -0.15) is 0 Å². The van der Waals surface area contributed by atoms with Crippen molar-refractivity contribution in [3.05, 3.63) is 65.7 Å². The van der Waals surface area contributed by atoms with Crippen molar-refractivity contribution in [2.24, 2.45) is 4.99 Å². The molecule has 3 N–H and O–H groups in total. The van der Waals surface area contributed by atoms with E-state index in [1.165, 1.54) is 0 Å². The van der Waals surface area contributed by atoms with Crippen LogP contribution in [-0.2, 0) is 11.3 Å². The number of nitrogens with zero attached hydrogens (tertiary/aromatic N) is 1. The van der Waals surface area contributed by atoms with Gasteiger partial charge in [0.2, 0.25) is 0 Å². The Morgan fingerprint density at radius 2 is 1.77 bits per heavy atom. The van der Waals surface area contributed by atoms with Crippen LogP contribution in [0.5, 0.6) is 5.75 Å². The highest BCUT2D eigenvalue weighted by molar-refractivity contribution is 14.0. The van der Waals surface area contributed by atoms with Gasteiger partial charge in [0.15, 0.2) is 5.96 Å². The molecule has 1 atom stereocenters. The lowest BCUT2D eigenvalue weighted by atomic mass is 10.1. The highest BCUT2D eigenvalue weighted by Crippen LogP contribution is 2.14. The fourth-order valence-corrected chi connectivity index (χ4v) is 2.77. The summed E-state index contributed by atoms with van der Waals surface area (Å²) in [7, 11) is 3.36. The van der Waals surface area contributed by atoms with Crippen molar-refractivity contribution < 1.29 is 14.3 Å². The molecule has 0 fully saturated rings. The van der Waals surface area contributed by atoms with E-state index in [1.54, 1.807) is 14.2 Å². The fraction of sp³-hybridized carbons (Fsp3) is 0.391. The first-order chi connectivity index (χ1) is 14.3. The maximum absolute atomic E-state index is 12.3. The van der Waals surface area contributed by atoms with Crippen LogP contribution in [0, 0.1) is 0 Å². The predicted molar refractivity (Wildman–Crippen MR) is 135 cm³/mol. The standard InChI is InChI=1S/C23H32N4O3.HI/c1-23(2,3)30-22(28)27-20(18-11-7-6-8-12-18)16-26-21(24-4)25-15-17-10-9-13-19(14-17)29-5;/h6-14,20H,15-16H2,1-5H3,(H,27,28)(H2,24,25,26);1H. The van der Waals surface area contributed by atoms with Gasteiger partial charge in [-0.05, 0) is 44.0 Å². The summed E-state index contributed by atoms with van der Waals surface area (Å²) in [5.74, 6) is 1.44. The zero-order chi connectivity index (χ0) is 22.0. The lowest BCUT2D eigenvalue weighted by Crippen LogP contribution is -2.44. The second-order valence-corrected chi connectivity index (χ2v) is 7.77. The number of aliphatic imine (C=N–C) groups is 1. The number of guanidine groups is 1. The molecule has 0 radical (unpaired) electrons. The molecule has 0 saturated heterocycles. The summed E-state index contributed by atoms with van der Waals surface area (Å²) in [5, 5.41) is 9.48. The summed E-state index contributed by atoms with van der Waals surface area (Å²) < 4.78 is 10.7. The van der Waals surface area contributed by atoms with Gasteiger partial charge in [-0.1, -0.05) is 42.5 Å². The van der Waals surface area contributed by atoms with Gasteiger partial charge in [0.25, 0.3) is 0 Å². The minimum absolute atomic E-state index is 0. The molecule has 0 aromatic heterocycles. The number of methoxy groups -OCH3 is 1. The molecule has 2 aromatic carbocycles. The van der Waals surface area contributed by atoms with Crippen molar-refractivity contribution in [3.63, 3.8) is 0 Å². The van der Waals surface area contributed by atoms with Gasteiger partial charge in [0.05, 0.1) is 13.2 Å². The Morgan fingerprint density at radius 1 is 1.06 bits per heavy atom. The summed E-state index contributed by atoms with van der Waals surface area (Å²) >= 11 is 0. The number of alkyl carbamates (subject to hydrolysis) is 1. The first-order valence-corrected chi connectivity index (χ1v) is 9.92. The predicted octanol–water partition coefficient (Wildman–Crippen LogP) is 4.24. The normalized spacial score (nSPS) is 12.2. The van der Waals surface area contributed by atoms with Crippen molar-refractivity contribution in [1.29, 1.82) is 0 Å². The van der Waals surface area contributed by atoms with Gasteiger partial charge >= 0.3 is 6.09 Å². The van der Waals surface area contributed by atoms with Crippen LogP contribution >= 0.6 is 24.0 Å². The Bertz CT molecular complexity index is 838. The second-order valence-electron chi connectivity index (χ2n) is 7.77. The third-order valence-electron chi connectivity index (χ3n) is 4.18. The van der Waals surface area contributed by atoms with Crippen molar-refractivity contribution in [2.45, 2.75) is 39.0 Å². The van der Waals surface area contributed by atoms with Gasteiger partial charge in [-0.25, -0.2) is 4.79 Å². The molecule has 1 amide bonds. The molecular weight excluding hydrogens is 507 g/mol. The molecule has 31 heavy (non-hydrogen) atoms.